The van der Waals surface area contributed by atoms with Crippen LogP contribution in [0.2, 0.25) is 0 Å². The molecule has 0 N–H and O–H groups in total. The lowest BCUT2D eigenvalue weighted by atomic mass is 9.77. The molecule has 1 saturated carbocycles. The third-order valence-electron chi connectivity index (χ3n) is 4.86. The molecule has 20 heavy (non-hydrogen) atoms. The van der Waals surface area contributed by atoms with Crippen LogP contribution in [-0.4, -0.2) is 0 Å². The number of allylic oxidation sites excluding steroid dienone is 4. The number of halogens is 1. The van der Waals surface area contributed by atoms with Crippen LogP contribution in [0.25, 0.3) is 0 Å². The Morgan fingerprint density at radius 3 is 2.40 bits per heavy atom. The normalized spacial score (nSPS) is 24.8. The summed E-state index contributed by atoms with van der Waals surface area (Å²) < 4.78 is 0. The molecule has 1 aliphatic rings. The molecule has 0 radical (unpaired) electrons. The molecule has 0 amide bonds. The summed E-state index contributed by atoms with van der Waals surface area (Å²) >= 11 is 5.76. The van der Waals surface area contributed by atoms with Gasteiger partial charge in [0.2, 0.25) is 0 Å². The summed E-state index contributed by atoms with van der Waals surface area (Å²) in [4.78, 5) is 0. The molecular formula is C19H31Cl. The van der Waals surface area contributed by atoms with Crippen molar-refractivity contribution >= 4 is 11.6 Å². The van der Waals surface area contributed by atoms with Crippen LogP contribution in [0.1, 0.15) is 65.2 Å². The van der Waals surface area contributed by atoms with E-state index in [-0.39, 0.29) is 0 Å². The van der Waals surface area contributed by atoms with E-state index in [0.29, 0.717) is 11.0 Å². The van der Waals surface area contributed by atoms with E-state index < -0.39 is 0 Å². The first-order chi connectivity index (χ1) is 9.52. The number of hydrogen-bond donors (Lipinski definition) is 0. The van der Waals surface area contributed by atoms with Gasteiger partial charge in [-0.25, -0.2) is 0 Å². The van der Waals surface area contributed by atoms with Gasteiger partial charge >= 0.3 is 0 Å². The number of rotatable bonds is 8. The predicted molar refractivity (Wildman–Crippen MR) is 92.0 cm³/mol. The lowest BCUT2D eigenvalue weighted by Crippen LogP contribution is -2.15. The van der Waals surface area contributed by atoms with E-state index >= 15 is 0 Å². The van der Waals surface area contributed by atoms with E-state index in [4.69, 9.17) is 11.6 Å². The standard InChI is InChI=1S/C19H31Cl/c1-5-15(2)7-6-8-18-11-13-19(14-12-18)16(3)9-10-17(4)20/h9-10,15,18-19H,3-8,11-14H2,1-2H3/b10-9-. The summed E-state index contributed by atoms with van der Waals surface area (Å²) in [7, 11) is 0. The van der Waals surface area contributed by atoms with Gasteiger partial charge in [-0.3, -0.25) is 0 Å². The second-order valence-corrected chi connectivity index (χ2v) is 7.00. The maximum absolute atomic E-state index is 5.76. The Bertz CT molecular complexity index is 332. The molecule has 1 heteroatoms. The van der Waals surface area contributed by atoms with Gasteiger partial charge in [0, 0.05) is 5.03 Å². The van der Waals surface area contributed by atoms with Crippen molar-refractivity contribution in [1.29, 1.82) is 0 Å². The molecule has 0 aliphatic heterocycles. The van der Waals surface area contributed by atoms with Crippen molar-refractivity contribution < 1.29 is 0 Å². The Morgan fingerprint density at radius 1 is 1.20 bits per heavy atom. The molecule has 0 bridgehead atoms. The molecule has 0 aromatic rings. The molecule has 0 nitrogen and oxygen atoms in total. The topological polar surface area (TPSA) is 0 Å². The van der Waals surface area contributed by atoms with Crippen LogP contribution in [0.4, 0.5) is 0 Å². The molecule has 1 unspecified atom stereocenters. The minimum Gasteiger partial charge on any atom is -0.0955 e. The molecule has 0 heterocycles. The van der Waals surface area contributed by atoms with Crippen molar-refractivity contribution in [2.75, 3.05) is 0 Å². The van der Waals surface area contributed by atoms with Gasteiger partial charge in [0.25, 0.3) is 0 Å². The fraction of sp³-hybridized carbons (Fsp3) is 0.684. The SMILES string of the molecule is C=C(Cl)/C=C\C(=C)C1CCC(CCCC(C)CC)CC1. The first kappa shape index (κ1) is 17.6. The van der Waals surface area contributed by atoms with E-state index in [1.54, 1.807) is 0 Å². The van der Waals surface area contributed by atoms with Gasteiger partial charge < -0.3 is 0 Å². The van der Waals surface area contributed by atoms with Gasteiger partial charge in [-0.05, 0) is 49.5 Å². The molecule has 114 valence electrons. The van der Waals surface area contributed by atoms with Crippen molar-refractivity contribution in [2.45, 2.75) is 65.2 Å². The summed E-state index contributed by atoms with van der Waals surface area (Å²) in [6.45, 7) is 12.5. The summed E-state index contributed by atoms with van der Waals surface area (Å²) in [6.07, 6.45) is 14.8. The third-order valence-corrected chi connectivity index (χ3v) is 4.98. The Morgan fingerprint density at radius 2 is 1.85 bits per heavy atom. The molecule has 0 saturated heterocycles. The van der Waals surface area contributed by atoms with Crippen LogP contribution in [-0.2, 0) is 0 Å². The zero-order valence-corrected chi connectivity index (χ0v) is 14.1. The van der Waals surface area contributed by atoms with Crippen molar-refractivity contribution in [3.63, 3.8) is 0 Å². The monoisotopic (exact) mass is 294 g/mol. The zero-order valence-electron chi connectivity index (χ0n) is 13.3. The lowest BCUT2D eigenvalue weighted by Gasteiger charge is -2.29. The Balaban J connectivity index is 2.22. The Hall–Kier alpha value is -0.490. The van der Waals surface area contributed by atoms with Crippen LogP contribution in [0.5, 0.6) is 0 Å². The van der Waals surface area contributed by atoms with Crippen LogP contribution in [0.3, 0.4) is 0 Å². The van der Waals surface area contributed by atoms with Gasteiger partial charge in [-0.2, -0.15) is 0 Å². The van der Waals surface area contributed by atoms with Crippen molar-refractivity contribution in [3.8, 4) is 0 Å². The van der Waals surface area contributed by atoms with E-state index in [0.717, 1.165) is 11.8 Å². The molecule has 1 fully saturated rings. The smallest absolute Gasteiger partial charge is 0.0334 e. The van der Waals surface area contributed by atoms with Gasteiger partial charge in [0.05, 0.1) is 0 Å². The molecule has 1 aliphatic carbocycles. The minimum atomic E-state index is 0.588. The maximum Gasteiger partial charge on any atom is 0.0334 e. The second-order valence-electron chi connectivity index (χ2n) is 6.52. The minimum absolute atomic E-state index is 0.588. The average Bonchev–Trinajstić information content (AvgIpc) is 2.45. The maximum atomic E-state index is 5.76. The van der Waals surface area contributed by atoms with Crippen molar-refractivity contribution in [1.82, 2.24) is 0 Å². The fourth-order valence-corrected chi connectivity index (χ4v) is 3.18. The van der Waals surface area contributed by atoms with E-state index in [9.17, 15) is 0 Å². The highest BCUT2D eigenvalue weighted by molar-refractivity contribution is 6.30. The number of hydrogen-bond acceptors (Lipinski definition) is 0. The van der Waals surface area contributed by atoms with Gasteiger partial charge in [-0.1, -0.05) is 75.9 Å². The van der Waals surface area contributed by atoms with Gasteiger partial charge in [0.15, 0.2) is 0 Å². The van der Waals surface area contributed by atoms with Crippen molar-refractivity contribution in [2.24, 2.45) is 17.8 Å². The second kappa shape index (κ2) is 9.45. The third kappa shape index (κ3) is 6.79. The molecule has 1 rings (SSSR count). The summed E-state index contributed by atoms with van der Waals surface area (Å²) in [5, 5.41) is 0.588. The molecule has 0 spiro atoms. The summed E-state index contributed by atoms with van der Waals surface area (Å²) in [5.41, 5.74) is 1.23. The van der Waals surface area contributed by atoms with Crippen LogP contribution < -0.4 is 0 Å². The zero-order chi connectivity index (χ0) is 15.0. The van der Waals surface area contributed by atoms with Gasteiger partial charge in [0.1, 0.15) is 0 Å². The lowest BCUT2D eigenvalue weighted by molar-refractivity contribution is 0.279. The summed E-state index contributed by atoms with van der Waals surface area (Å²) in [6, 6.07) is 0. The molecule has 0 aromatic heterocycles. The molecular weight excluding hydrogens is 264 g/mol. The first-order valence-electron chi connectivity index (χ1n) is 8.24. The van der Waals surface area contributed by atoms with Crippen molar-refractivity contribution in [3.05, 3.63) is 35.9 Å². The van der Waals surface area contributed by atoms with E-state index in [1.165, 1.54) is 56.9 Å². The highest BCUT2D eigenvalue weighted by atomic mass is 35.5. The van der Waals surface area contributed by atoms with Crippen LogP contribution in [0, 0.1) is 17.8 Å². The predicted octanol–water partition coefficient (Wildman–Crippen LogP) is 6.87. The average molecular weight is 295 g/mol. The Kier molecular flexibility index (Phi) is 8.30. The van der Waals surface area contributed by atoms with E-state index in [1.807, 2.05) is 12.2 Å². The quantitative estimate of drug-likeness (QED) is 0.428. The fourth-order valence-electron chi connectivity index (χ4n) is 3.11. The molecule has 0 aromatic carbocycles. The van der Waals surface area contributed by atoms with E-state index in [2.05, 4.69) is 27.0 Å². The van der Waals surface area contributed by atoms with Crippen LogP contribution >= 0.6 is 11.6 Å². The summed E-state index contributed by atoms with van der Waals surface area (Å²) in [5.74, 6) is 2.52. The Labute approximate surface area is 131 Å². The van der Waals surface area contributed by atoms with Crippen LogP contribution in [0.15, 0.2) is 35.9 Å². The highest BCUT2D eigenvalue weighted by Crippen LogP contribution is 2.35. The molecule has 1 atom stereocenters. The first-order valence-corrected chi connectivity index (χ1v) is 8.62. The highest BCUT2D eigenvalue weighted by Gasteiger charge is 2.21. The van der Waals surface area contributed by atoms with Gasteiger partial charge in [-0.15, -0.1) is 0 Å². The largest absolute Gasteiger partial charge is 0.0955 e.